The van der Waals surface area contributed by atoms with Gasteiger partial charge in [0, 0.05) is 5.56 Å². The number of hydrogen-bond acceptors (Lipinski definition) is 5. The Balaban J connectivity index is 2.16. The van der Waals surface area contributed by atoms with E-state index in [1.807, 2.05) is 0 Å². The maximum absolute atomic E-state index is 11.8. The summed E-state index contributed by atoms with van der Waals surface area (Å²) in [5.74, 6) is -0.159. The Bertz CT molecular complexity index is 484. The zero-order valence-electron chi connectivity index (χ0n) is 9.62. The van der Waals surface area contributed by atoms with E-state index in [2.05, 4.69) is 14.7 Å². The predicted octanol–water partition coefficient (Wildman–Crippen LogP) is 0.914. The van der Waals surface area contributed by atoms with Crippen molar-refractivity contribution in [3.8, 4) is 0 Å². The van der Waals surface area contributed by atoms with Crippen molar-refractivity contribution in [1.29, 1.82) is 0 Å². The molecule has 0 saturated carbocycles. The Kier molecular flexibility index (Phi) is 3.83. The maximum Gasteiger partial charge on any atom is 0.316 e. The summed E-state index contributed by atoms with van der Waals surface area (Å²) in [6, 6.07) is 0. The first-order chi connectivity index (χ1) is 8.20. The number of aromatic nitrogens is 2. The molecule has 1 aliphatic carbocycles. The molecule has 6 heteroatoms. The van der Waals surface area contributed by atoms with E-state index in [0.717, 1.165) is 36.9 Å². The number of aromatic amines is 1. The normalized spacial score (nSPS) is 14.2. The summed E-state index contributed by atoms with van der Waals surface area (Å²) < 4.78 is 4.54. The first-order valence-electron chi connectivity index (χ1n) is 5.52. The number of rotatable bonds is 3. The molecular formula is C11H14N2O3S. The molecule has 0 unspecified atom stereocenters. The van der Waals surface area contributed by atoms with Crippen molar-refractivity contribution in [3.63, 3.8) is 0 Å². The minimum atomic E-state index is -0.324. The maximum atomic E-state index is 11.8. The molecule has 0 amide bonds. The number of hydrogen-bond donors (Lipinski definition) is 1. The van der Waals surface area contributed by atoms with E-state index in [-0.39, 0.29) is 17.3 Å². The van der Waals surface area contributed by atoms with E-state index in [1.54, 1.807) is 0 Å². The number of carbonyl (C=O) groups excluding carboxylic acids is 1. The molecule has 0 saturated heterocycles. The second-order valence-corrected chi connectivity index (χ2v) is 4.83. The van der Waals surface area contributed by atoms with E-state index in [0.29, 0.717) is 5.16 Å². The van der Waals surface area contributed by atoms with Crippen molar-refractivity contribution < 1.29 is 9.53 Å². The van der Waals surface area contributed by atoms with Crippen molar-refractivity contribution >= 4 is 17.7 Å². The van der Waals surface area contributed by atoms with E-state index < -0.39 is 0 Å². The number of ether oxygens (including phenoxy) is 1. The van der Waals surface area contributed by atoms with Gasteiger partial charge in [0.05, 0.1) is 18.6 Å². The van der Waals surface area contributed by atoms with Crippen LogP contribution in [0.15, 0.2) is 9.95 Å². The molecule has 1 aromatic heterocycles. The van der Waals surface area contributed by atoms with Crippen LogP contribution in [0.3, 0.4) is 0 Å². The first-order valence-corrected chi connectivity index (χ1v) is 6.51. The smallest absolute Gasteiger partial charge is 0.316 e. The van der Waals surface area contributed by atoms with E-state index >= 15 is 0 Å². The summed E-state index contributed by atoms with van der Waals surface area (Å²) in [5, 5.41) is 0.501. The lowest BCUT2D eigenvalue weighted by Gasteiger charge is -2.13. The molecule has 5 nitrogen and oxygen atoms in total. The van der Waals surface area contributed by atoms with Gasteiger partial charge in [-0.1, -0.05) is 11.8 Å². The zero-order valence-corrected chi connectivity index (χ0v) is 10.4. The van der Waals surface area contributed by atoms with Crippen molar-refractivity contribution in [2.24, 2.45) is 0 Å². The third-order valence-corrected chi connectivity index (χ3v) is 3.57. The molecule has 0 bridgehead atoms. The van der Waals surface area contributed by atoms with Crippen molar-refractivity contribution in [2.45, 2.75) is 30.8 Å². The standard InChI is InChI=1S/C11H14N2O3S/c1-16-9(14)6-17-11-12-8-5-3-2-4-7(8)10(15)13-11/h2-6H2,1H3,(H,12,13,15). The molecule has 2 rings (SSSR count). The highest BCUT2D eigenvalue weighted by Crippen LogP contribution is 2.19. The number of thioether (sulfide) groups is 1. The number of H-pyrrole nitrogens is 1. The van der Waals surface area contributed by atoms with Gasteiger partial charge in [-0.3, -0.25) is 9.59 Å². The predicted molar refractivity (Wildman–Crippen MR) is 64.2 cm³/mol. The Morgan fingerprint density at radius 1 is 1.47 bits per heavy atom. The molecule has 1 aromatic rings. The molecule has 0 aliphatic heterocycles. The number of aryl methyl sites for hydroxylation is 1. The number of esters is 1. The molecule has 1 heterocycles. The number of nitrogens with one attached hydrogen (secondary N) is 1. The summed E-state index contributed by atoms with van der Waals surface area (Å²) in [7, 11) is 1.34. The van der Waals surface area contributed by atoms with Gasteiger partial charge in [0.15, 0.2) is 5.16 Å². The number of methoxy groups -OCH3 is 1. The molecule has 92 valence electrons. The van der Waals surface area contributed by atoms with Gasteiger partial charge in [-0.2, -0.15) is 0 Å². The lowest BCUT2D eigenvalue weighted by Crippen LogP contribution is -2.21. The monoisotopic (exact) mass is 254 g/mol. The lowest BCUT2D eigenvalue weighted by atomic mass is 9.97. The third-order valence-electron chi connectivity index (χ3n) is 2.72. The molecule has 17 heavy (non-hydrogen) atoms. The Labute approximate surface area is 103 Å². The average molecular weight is 254 g/mol. The van der Waals surface area contributed by atoms with Gasteiger partial charge in [-0.05, 0) is 25.7 Å². The van der Waals surface area contributed by atoms with Gasteiger partial charge in [-0.15, -0.1) is 0 Å². The largest absolute Gasteiger partial charge is 0.468 e. The van der Waals surface area contributed by atoms with E-state index in [4.69, 9.17) is 0 Å². The Morgan fingerprint density at radius 2 is 2.24 bits per heavy atom. The summed E-state index contributed by atoms with van der Waals surface area (Å²) in [4.78, 5) is 29.9. The van der Waals surface area contributed by atoms with Gasteiger partial charge in [0.25, 0.3) is 5.56 Å². The number of fused-ring (bicyclic) bond motifs is 1. The van der Waals surface area contributed by atoms with Crippen molar-refractivity contribution in [2.75, 3.05) is 12.9 Å². The minimum absolute atomic E-state index is 0.0675. The van der Waals surface area contributed by atoms with Gasteiger partial charge in [0.2, 0.25) is 0 Å². The lowest BCUT2D eigenvalue weighted by molar-refractivity contribution is -0.137. The fraction of sp³-hybridized carbons (Fsp3) is 0.545. The molecule has 0 spiro atoms. The van der Waals surface area contributed by atoms with Crippen LogP contribution in [0.25, 0.3) is 0 Å². The molecule has 0 fully saturated rings. The molecule has 1 aliphatic rings. The molecule has 0 aromatic carbocycles. The van der Waals surface area contributed by atoms with Crippen LogP contribution in [0, 0.1) is 0 Å². The van der Waals surface area contributed by atoms with Crippen LogP contribution in [0.2, 0.25) is 0 Å². The highest BCUT2D eigenvalue weighted by atomic mass is 32.2. The molecular weight excluding hydrogens is 240 g/mol. The van der Waals surface area contributed by atoms with Crippen LogP contribution >= 0.6 is 11.8 Å². The van der Waals surface area contributed by atoms with Crippen LogP contribution in [-0.4, -0.2) is 28.8 Å². The fourth-order valence-electron chi connectivity index (χ4n) is 1.84. The van der Waals surface area contributed by atoms with Gasteiger partial charge >= 0.3 is 5.97 Å². The summed E-state index contributed by atoms with van der Waals surface area (Å²) in [5.41, 5.74) is 1.62. The highest BCUT2D eigenvalue weighted by molar-refractivity contribution is 7.99. The second kappa shape index (κ2) is 5.35. The topological polar surface area (TPSA) is 72.0 Å². The van der Waals surface area contributed by atoms with Gasteiger partial charge in [0.1, 0.15) is 0 Å². The SMILES string of the molecule is COC(=O)CSc1nc2c(c(=O)[nH]1)CCCC2. The van der Waals surface area contributed by atoms with Crippen LogP contribution in [0.5, 0.6) is 0 Å². The van der Waals surface area contributed by atoms with E-state index in [9.17, 15) is 9.59 Å². The first kappa shape index (κ1) is 12.2. The number of nitrogens with zero attached hydrogens (tertiary/aromatic N) is 1. The van der Waals surface area contributed by atoms with Crippen LogP contribution < -0.4 is 5.56 Å². The third kappa shape index (κ3) is 2.88. The van der Waals surface area contributed by atoms with Gasteiger partial charge < -0.3 is 9.72 Å². The average Bonchev–Trinajstić information content (AvgIpc) is 2.36. The van der Waals surface area contributed by atoms with E-state index in [1.165, 1.54) is 18.9 Å². The van der Waals surface area contributed by atoms with Gasteiger partial charge in [-0.25, -0.2) is 4.98 Å². The number of carbonyl (C=O) groups is 1. The van der Waals surface area contributed by atoms with Crippen LogP contribution in [0.4, 0.5) is 0 Å². The summed E-state index contributed by atoms with van der Waals surface area (Å²) in [6.45, 7) is 0. The van der Waals surface area contributed by atoms with Crippen LogP contribution in [-0.2, 0) is 22.4 Å². The summed E-state index contributed by atoms with van der Waals surface area (Å²) in [6.07, 6.45) is 3.78. The molecule has 0 radical (unpaired) electrons. The highest BCUT2D eigenvalue weighted by Gasteiger charge is 2.16. The van der Waals surface area contributed by atoms with Crippen LogP contribution in [0.1, 0.15) is 24.1 Å². The molecule has 1 N–H and O–H groups in total. The van der Waals surface area contributed by atoms with Crippen molar-refractivity contribution in [1.82, 2.24) is 9.97 Å². The second-order valence-electron chi connectivity index (χ2n) is 3.87. The fourth-order valence-corrected chi connectivity index (χ4v) is 2.55. The zero-order chi connectivity index (χ0) is 12.3. The Morgan fingerprint density at radius 3 is 3.00 bits per heavy atom. The molecule has 0 atom stereocenters. The summed E-state index contributed by atoms with van der Waals surface area (Å²) >= 11 is 1.20. The minimum Gasteiger partial charge on any atom is -0.468 e. The quantitative estimate of drug-likeness (QED) is 0.493. The Hall–Kier alpha value is -1.30. The van der Waals surface area contributed by atoms with Crippen molar-refractivity contribution in [3.05, 3.63) is 21.6 Å².